The van der Waals surface area contributed by atoms with E-state index in [4.69, 9.17) is 11.8 Å². The van der Waals surface area contributed by atoms with Gasteiger partial charge in [-0.1, -0.05) is 12.1 Å². The van der Waals surface area contributed by atoms with Gasteiger partial charge in [0.1, 0.15) is 23.2 Å². The van der Waals surface area contributed by atoms with Crippen LogP contribution in [0.4, 0.5) is 10.2 Å². The van der Waals surface area contributed by atoms with Crippen LogP contribution in [-0.4, -0.2) is 25.7 Å². The van der Waals surface area contributed by atoms with Gasteiger partial charge in [-0.3, -0.25) is 14.3 Å². The molecule has 0 unspecified atom stereocenters. The number of hydrogen-bond acceptors (Lipinski definition) is 5. The van der Waals surface area contributed by atoms with E-state index in [1.807, 2.05) is 0 Å². The topological polar surface area (TPSA) is 84.7 Å². The van der Waals surface area contributed by atoms with E-state index in [1.165, 1.54) is 17.1 Å². The molecule has 0 atom stereocenters. The molecule has 3 rings (SSSR count). The number of rotatable bonds is 4. The Morgan fingerprint density at radius 2 is 2.17 bits per heavy atom. The molecule has 0 saturated carbocycles. The van der Waals surface area contributed by atoms with E-state index in [2.05, 4.69) is 25.2 Å². The Morgan fingerprint density at radius 1 is 1.38 bits per heavy atom. The van der Waals surface area contributed by atoms with Gasteiger partial charge in [0.15, 0.2) is 11.5 Å². The molecular formula is C15H14ClFN6O. The van der Waals surface area contributed by atoms with E-state index in [0.717, 1.165) is 5.56 Å². The quantitative estimate of drug-likeness (QED) is 0.707. The first-order valence-electron chi connectivity index (χ1n) is 7.09. The molecule has 0 spiro atoms. The molecule has 0 radical (unpaired) electrons. The van der Waals surface area contributed by atoms with Gasteiger partial charge in [-0.25, -0.2) is 14.4 Å². The Morgan fingerprint density at radius 3 is 2.88 bits per heavy atom. The van der Waals surface area contributed by atoms with Gasteiger partial charge in [0.25, 0.3) is 5.91 Å². The van der Waals surface area contributed by atoms with E-state index in [1.54, 1.807) is 26.1 Å². The van der Waals surface area contributed by atoms with E-state index in [-0.39, 0.29) is 24.0 Å². The number of benzene rings is 1. The number of fused-ring (bicyclic) bond motifs is 1. The molecule has 0 aliphatic carbocycles. The predicted molar refractivity (Wildman–Crippen MR) is 88.1 cm³/mol. The maximum atomic E-state index is 13.3. The van der Waals surface area contributed by atoms with Gasteiger partial charge in [0, 0.05) is 25.4 Å². The largest absolute Gasteiger partial charge is 0.347 e. The summed E-state index contributed by atoms with van der Waals surface area (Å²) in [7, 11) is 1.67. The van der Waals surface area contributed by atoms with Crippen molar-refractivity contribution in [1.29, 1.82) is 0 Å². The Labute approximate surface area is 142 Å². The van der Waals surface area contributed by atoms with Crippen LogP contribution in [-0.2, 0) is 13.6 Å². The fourth-order valence-electron chi connectivity index (χ4n) is 2.42. The molecule has 2 heterocycles. The van der Waals surface area contributed by atoms with Crippen LogP contribution in [0.2, 0.25) is 0 Å². The summed E-state index contributed by atoms with van der Waals surface area (Å²) in [4.78, 5) is 23.0. The van der Waals surface area contributed by atoms with Crippen LogP contribution in [0.1, 0.15) is 21.6 Å². The lowest BCUT2D eigenvalue weighted by Crippen LogP contribution is -2.24. The SMILES string of the molecule is Cc1cc(CNC(=O)c2ncnc3c(NCl)nn(C)c23)ccc1F. The maximum absolute atomic E-state index is 13.3. The lowest BCUT2D eigenvalue weighted by Gasteiger charge is -2.07. The van der Waals surface area contributed by atoms with Crippen LogP contribution >= 0.6 is 11.8 Å². The second-order valence-corrected chi connectivity index (χ2v) is 5.44. The summed E-state index contributed by atoms with van der Waals surface area (Å²) in [5, 5.41) is 6.90. The Hall–Kier alpha value is -2.74. The average Bonchev–Trinajstić information content (AvgIpc) is 2.92. The molecule has 0 aliphatic rings. The summed E-state index contributed by atoms with van der Waals surface area (Å²) in [5.41, 5.74) is 2.42. The molecule has 0 saturated heterocycles. The zero-order valence-electron chi connectivity index (χ0n) is 13.0. The summed E-state index contributed by atoms with van der Waals surface area (Å²) in [6.07, 6.45) is 1.28. The van der Waals surface area contributed by atoms with Crippen molar-refractivity contribution in [3.63, 3.8) is 0 Å². The molecular weight excluding hydrogens is 335 g/mol. The number of nitrogens with zero attached hydrogens (tertiary/aromatic N) is 4. The van der Waals surface area contributed by atoms with Crippen molar-refractivity contribution in [2.45, 2.75) is 13.5 Å². The fourth-order valence-corrected chi connectivity index (χ4v) is 2.55. The lowest BCUT2D eigenvalue weighted by atomic mass is 10.1. The number of nitrogens with one attached hydrogen (secondary N) is 2. The lowest BCUT2D eigenvalue weighted by molar-refractivity contribution is 0.0947. The van der Waals surface area contributed by atoms with Crippen molar-refractivity contribution in [2.75, 3.05) is 4.84 Å². The highest BCUT2D eigenvalue weighted by molar-refractivity contribution is 6.25. The molecule has 3 aromatic rings. The Kier molecular flexibility index (Phi) is 4.30. The van der Waals surface area contributed by atoms with Crippen molar-refractivity contribution in [2.24, 2.45) is 7.05 Å². The van der Waals surface area contributed by atoms with Gasteiger partial charge in [-0.15, -0.1) is 0 Å². The summed E-state index contributed by atoms with van der Waals surface area (Å²) < 4.78 is 14.8. The molecule has 0 fully saturated rings. The van der Waals surface area contributed by atoms with E-state index in [9.17, 15) is 9.18 Å². The third-order valence-corrected chi connectivity index (χ3v) is 3.78. The zero-order chi connectivity index (χ0) is 17.3. The van der Waals surface area contributed by atoms with E-state index in [0.29, 0.717) is 22.4 Å². The fraction of sp³-hybridized carbons (Fsp3) is 0.200. The molecule has 1 aromatic carbocycles. The van der Waals surface area contributed by atoms with E-state index >= 15 is 0 Å². The van der Waals surface area contributed by atoms with Crippen LogP contribution in [0.25, 0.3) is 11.0 Å². The van der Waals surface area contributed by atoms with Gasteiger partial charge in [-0.05, 0) is 24.1 Å². The van der Waals surface area contributed by atoms with Crippen LogP contribution in [0.5, 0.6) is 0 Å². The molecule has 124 valence electrons. The molecule has 2 N–H and O–H groups in total. The highest BCUT2D eigenvalue weighted by Gasteiger charge is 2.19. The summed E-state index contributed by atoms with van der Waals surface area (Å²) in [5.74, 6) is -0.313. The van der Waals surface area contributed by atoms with Crippen LogP contribution < -0.4 is 10.2 Å². The van der Waals surface area contributed by atoms with Crippen LogP contribution in [0.15, 0.2) is 24.5 Å². The second-order valence-electron chi connectivity index (χ2n) is 5.25. The third kappa shape index (κ3) is 2.88. The summed E-state index contributed by atoms with van der Waals surface area (Å²) in [6, 6.07) is 4.68. The smallest absolute Gasteiger partial charge is 0.272 e. The number of halogens is 2. The van der Waals surface area contributed by atoms with Crippen molar-refractivity contribution < 1.29 is 9.18 Å². The van der Waals surface area contributed by atoms with Crippen LogP contribution in [0.3, 0.4) is 0 Å². The van der Waals surface area contributed by atoms with Crippen molar-refractivity contribution in [1.82, 2.24) is 25.1 Å². The second kappa shape index (κ2) is 6.40. The molecule has 2 aromatic heterocycles. The minimum absolute atomic E-state index is 0.187. The standard InChI is InChI=1S/C15H14ClFN6O/c1-8-5-9(3-4-10(8)17)6-18-15(24)12-13-11(19-7-20-12)14(21-16)22-23(13)2/h3-5,7H,6H2,1-2H3,(H,18,24)(H,21,22). The zero-order valence-corrected chi connectivity index (χ0v) is 13.7. The number of amides is 1. The summed E-state index contributed by atoms with van der Waals surface area (Å²) >= 11 is 5.60. The number of hydrogen-bond donors (Lipinski definition) is 2. The first-order valence-corrected chi connectivity index (χ1v) is 7.46. The molecule has 0 bridgehead atoms. The van der Waals surface area contributed by atoms with Gasteiger partial charge < -0.3 is 5.32 Å². The van der Waals surface area contributed by atoms with Crippen LogP contribution in [0, 0.1) is 12.7 Å². The number of aromatic nitrogens is 4. The molecule has 24 heavy (non-hydrogen) atoms. The number of carbonyl (C=O) groups excluding carboxylic acids is 1. The predicted octanol–water partition coefficient (Wildman–Crippen LogP) is 2.31. The van der Waals surface area contributed by atoms with Crippen molar-refractivity contribution in [3.8, 4) is 0 Å². The maximum Gasteiger partial charge on any atom is 0.272 e. The van der Waals surface area contributed by atoms with Crippen molar-refractivity contribution >= 4 is 34.5 Å². The van der Waals surface area contributed by atoms with Gasteiger partial charge in [0.2, 0.25) is 0 Å². The normalized spacial score (nSPS) is 10.8. The van der Waals surface area contributed by atoms with E-state index < -0.39 is 0 Å². The molecule has 9 heteroatoms. The summed E-state index contributed by atoms with van der Waals surface area (Å²) in [6.45, 7) is 1.93. The van der Waals surface area contributed by atoms with Gasteiger partial charge in [0.05, 0.1) is 0 Å². The highest BCUT2D eigenvalue weighted by Crippen LogP contribution is 2.22. The average molecular weight is 349 g/mol. The Balaban J connectivity index is 1.86. The molecule has 0 aliphatic heterocycles. The number of aryl methyl sites for hydroxylation is 2. The number of carbonyl (C=O) groups is 1. The minimum Gasteiger partial charge on any atom is -0.347 e. The molecule has 7 nitrogen and oxygen atoms in total. The highest BCUT2D eigenvalue weighted by atomic mass is 35.5. The molecule has 1 amide bonds. The first-order chi connectivity index (χ1) is 11.5. The van der Waals surface area contributed by atoms with Gasteiger partial charge >= 0.3 is 0 Å². The van der Waals surface area contributed by atoms with Crippen molar-refractivity contribution in [3.05, 3.63) is 47.2 Å². The van der Waals surface area contributed by atoms with Gasteiger partial charge in [-0.2, -0.15) is 5.10 Å². The first kappa shape index (κ1) is 16.1. The number of anilines is 1. The Bertz CT molecular complexity index is 926. The monoisotopic (exact) mass is 348 g/mol. The minimum atomic E-state index is -0.381. The third-order valence-electron chi connectivity index (χ3n) is 3.60.